The Labute approximate surface area is 216 Å². The van der Waals surface area contributed by atoms with E-state index in [4.69, 9.17) is 5.73 Å². The number of carbonyl (C=O) groups excluding carboxylic acids is 1. The molecule has 1 aromatic carbocycles. The van der Waals surface area contributed by atoms with Crippen LogP contribution >= 0.6 is 11.3 Å². The molecule has 0 saturated carbocycles. The Kier molecular flexibility index (Phi) is 7.93. The number of primary amides is 1. The van der Waals surface area contributed by atoms with E-state index in [2.05, 4.69) is 10.3 Å². The lowest BCUT2D eigenvalue weighted by atomic mass is 10.0. The van der Waals surface area contributed by atoms with E-state index in [1.54, 1.807) is 6.92 Å². The van der Waals surface area contributed by atoms with Gasteiger partial charge in [0.15, 0.2) is 0 Å². The quantitative estimate of drug-likeness (QED) is 0.351. The van der Waals surface area contributed by atoms with Crippen molar-refractivity contribution in [3.8, 4) is 10.4 Å². The molecule has 1 atom stereocenters. The number of pyridine rings is 1. The van der Waals surface area contributed by atoms with Crippen LogP contribution in [0.4, 0.5) is 25.3 Å². The molecule has 2 aromatic heterocycles. The van der Waals surface area contributed by atoms with E-state index in [-0.39, 0.29) is 48.3 Å². The van der Waals surface area contributed by atoms with Crippen LogP contribution in [0.2, 0.25) is 0 Å². The Bertz CT molecular complexity index is 1530. The van der Waals surface area contributed by atoms with Gasteiger partial charge in [-0.05, 0) is 49.2 Å². The van der Waals surface area contributed by atoms with Crippen LogP contribution in [0, 0.1) is 18.6 Å². The number of anilines is 3. The lowest BCUT2D eigenvalue weighted by Gasteiger charge is -2.21. The monoisotopic (exact) mass is 574 g/mol. The smallest absolute Gasteiger partial charge is 0.251 e. The molecule has 0 saturated heterocycles. The standard InChI is InChI=1S/C22H24F2N4O6S3/c1-5-17(29)12-8-14(23)20(15(24)9-12)18-10-13(21(25)30)22(35-18)27-19-7-6-16(11(2)26-19)28(36(3,31)32)37(4,33)34/h6-10,17,29H,5H2,1-4H3,(H2,25,30)(H,26,27). The van der Waals surface area contributed by atoms with E-state index < -0.39 is 49.3 Å². The number of benzene rings is 1. The Balaban J connectivity index is 2.04. The summed E-state index contributed by atoms with van der Waals surface area (Å²) < 4.78 is 78.2. The second kappa shape index (κ2) is 10.3. The number of nitrogens with one attached hydrogen (secondary N) is 1. The lowest BCUT2D eigenvalue weighted by molar-refractivity contribution is 0.100. The molecular formula is C22H24F2N4O6S3. The number of sulfonamides is 2. The number of aliphatic hydroxyl groups excluding tert-OH is 1. The highest BCUT2D eigenvalue weighted by molar-refractivity contribution is 8.09. The highest BCUT2D eigenvalue weighted by Gasteiger charge is 2.29. The number of hydrogen-bond donors (Lipinski definition) is 3. The van der Waals surface area contributed by atoms with Crippen molar-refractivity contribution in [2.45, 2.75) is 26.4 Å². The normalized spacial score (nSPS) is 12.8. The van der Waals surface area contributed by atoms with Gasteiger partial charge in [-0.25, -0.2) is 30.6 Å². The number of hydrogen-bond acceptors (Lipinski definition) is 9. The van der Waals surface area contributed by atoms with Gasteiger partial charge in [-0.15, -0.1) is 11.3 Å². The van der Waals surface area contributed by atoms with Gasteiger partial charge < -0.3 is 16.2 Å². The zero-order chi connectivity index (χ0) is 27.9. The van der Waals surface area contributed by atoms with E-state index >= 15 is 0 Å². The Morgan fingerprint density at radius 1 is 1.14 bits per heavy atom. The van der Waals surface area contributed by atoms with E-state index in [0.29, 0.717) is 0 Å². The predicted molar refractivity (Wildman–Crippen MR) is 138 cm³/mol. The van der Waals surface area contributed by atoms with Crippen molar-refractivity contribution in [1.29, 1.82) is 0 Å². The Hall–Kier alpha value is -3.14. The molecule has 0 spiro atoms. The van der Waals surface area contributed by atoms with E-state index in [9.17, 15) is 35.5 Å². The van der Waals surface area contributed by atoms with Crippen LogP contribution in [-0.4, -0.2) is 45.3 Å². The van der Waals surface area contributed by atoms with Crippen LogP contribution in [0.15, 0.2) is 30.3 Å². The number of aryl methyl sites for hydroxylation is 1. The number of halogens is 2. The third-order valence-electron chi connectivity index (χ3n) is 5.18. The summed E-state index contributed by atoms with van der Waals surface area (Å²) in [5.41, 5.74) is 4.85. The first-order valence-corrected chi connectivity index (χ1v) is 15.1. The van der Waals surface area contributed by atoms with Crippen molar-refractivity contribution in [3.63, 3.8) is 0 Å². The van der Waals surface area contributed by atoms with Crippen LogP contribution in [0.1, 0.15) is 41.1 Å². The molecule has 4 N–H and O–H groups in total. The fourth-order valence-electron chi connectivity index (χ4n) is 3.58. The fraction of sp³-hybridized carbons (Fsp3) is 0.273. The minimum absolute atomic E-state index is 0.0282. The second-order valence-electron chi connectivity index (χ2n) is 8.15. The summed E-state index contributed by atoms with van der Waals surface area (Å²) in [7, 11) is -8.39. The number of aromatic nitrogens is 1. The van der Waals surface area contributed by atoms with E-state index in [1.807, 2.05) is 0 Å². The van der Waals surface area contributed by atoms with Gasteiger partial charge in [0.2, 0.25) is 20.0 Å². The molecule has 15 heteroatoms. The van der Waals surface area contributed by atoms with Gasteiger partial charge in [0.25, 0.3) is 5.91 Å². The van der Waals surface area contributed by atoms with Crippen LogP contribution in [0.3, 0.4) is 0 Å². The van der Waals surface area contributed by atoms with Crippen molar-refractivity contribution in [3.05, 3.63) is 58.8 Å². The Morgan fingerprint density at radius 2 is 1.70 bits per heavy atom. The van der Waals surface area contributed by atoms with E-state index in [0.717, 1.165) is 36.0 Å². The number of aliphatic hydroxyl groups is 1. The molecule has 0 bridgehead atoms. The molecule has 0 fully saturated rings. The summed E-state index contributed by atoms with van der Waals surface area (Å²) in [6.45, 7) is 3.04. The van der Waals surface area contributed by atoms with Crippen LogP contribution in [-0.2, 0) is 20.0 Å². The maximum absolute atomic E-state index is 14.8. The van der Waals surface area contributed by atoms with Gasteiger partial charge >= 0.3 is 0 Å². The first-order valence-electron chi connectivity index (χ1n) is 10.6. The molecule has 3 aromatic rings. The molecule has 1 unspecified atom stereocenters. The summed E-state index contributed by atoms with van der Waals surface area (Å²) in [5.74, 6) is -2.68. The van der Waals surface area contributed by atoms with Gasteiger partial charge in [0.05, 0.1) is 41.1 Å². The minimum Gasteiger partial charge on any atom is -0.388 e. The summed E-state index contributed by atoms with van der Waals surface area (Å²) in [6.07, 6.45) is 0.687. The molecule has 1 amide bonds. The number of nitrogens with zero attached hydrogens (tertiary/aromatic N) is 2. The van der Waals surface area contributed by atoms with Crippen molar-refractivity contribution < 1.29 is 35.5 Å². The second-order valence-corrected chi connectivity index (χ2v) is 13.1. The average molecular weight is 575 g/mol. The van der Waals surface area contributed by atoms with Crippen molar-refractivity contribution in [2.75, 3.05) is 21.5 Å². The van der Waals surface area contributed by atoms with Gasteiger partial charge in [-0.3, -0.25) is 4.79 Å². The number of carbonyl (C=O) groups is 1. The Morgan fingerprint density at radius 3 is 2.16 bits per heavy atom. The highest BCUT2D eigenvalue weighted by atomic mass is 32.3. The third-order valence-corrected chi connectivity index (χ3v) is 9.47. The van der Waals surface area contributed by atoms with Crippen molar-refractivity contribution in [2.24, 2.45) is 5.73 Å². The highest BCUT2D eigenvalue weighted by Crippen LogP contribution is 2.40. The zero-order valence-corrected chi connectivity index (χ0v) is 22.6. The van der Waals surface area contributed by atoms with Crippen molar-refractivity contribution >= 4 is 53.8 Å². The number of rotatable bonds is 9. The first kappa shape index (κ1) is 28.4. The molecule has 10 nitrogen and oxygen atoms in total. The molecule has 0 radical (unpaired) electrons. The van der Waals surface area contributed by atoms with Crippen LogP contribution in [0.5, 0.6) is 0 Å². The molecule has 3 rings (SSSR count). The van der Waals surface area contributed by atoms with Gasteiger partial charge in [0.1, 0.15) is 22.5 Å². The molecule has 2 heterocycles. The number of thiophene rings is 1. The van der Waals surface area contributed by atoms with Crippen LogP contribution in [0.25, 0.3) is 10.4 Å². The SMILES string of the molecule is CCC(O)c1cc(F)c(-c2cc(C(N)=O)c(Nc3ccc(N(S(C)(=O)=O)S(C)(=O)=O)c(C)n3)s2)c(F)c1. The third kappa shape index (κ3) is 6.06. The van der Waals surface area contributed by atoms with E-state index in [1.165, 1.54) is 25.1 Å². The predicted octanol–water partition coefficient (Wildman–Crippen LogP) is 3.41. The molecule has 0 aliphatic rings. The minimum atomic E-state index is -4.19. The first-order chi connectivity index (χ1) is 17.0. The average Bonchev–Trinajstić information content (AvgIpc) is 3.16. The molecule has 37 heavy (non-hydrogen) atoms. The largest absolute Gasteiger partial charge is 0.388 e. The van der Waals surface area contributed by atoms with Gasteiger partial charge in [-0.1, -0.05) is 6.92 Å². The summed E-state index contributed by atoms with van der Waals surface area (Å²) in [4.78, 5) is 16.3. The maximum Gasteiger partial charge on any atom is 0.251 e. The summed E-state index contributed by atoms with van der Waals surface area (Å²) >= 11 is 0.812. The maximum atomic E-state index is 14.8. The summed E-state index contributed by atoms with van der Waals surface area (Å²) in [6, 6.07) is 5.73. The topological polar surface area (TPSA) is 160 Å². The number of amides is 1. The van der Waals surface area contributed by atoms with Gasteiger partial charge in [0, 0.05) is 4.88 Å². The van der Waals surface area contributed by atoms with Gasteiger partial charge in [-0.2, -0.15) is 3.71 Å². The van der Waals surface area contributed by atoms with Crippen LogP contribution < -0.4 is 14.8 Å². The molecule has 200 valence electrons. The van der Waals surface area contributed by atoms with Crippen molar-refractivity contribution in [1.82, 2.24) is 4.98 Å². The lowest BCUT2D eigenvalue weighted by Crippen LogP contribution is -2.35. The fourth-order valence-corrected chi connectivity index (χ4v) is 7.77. The molecule has 0 aliphatic carbocycles. The molecular weight excluding hydrogens is 550 g/mol. The summed E-state index contributed by atoms with van der Waals surface area (Å²) in [5, 5.41) is 12.8. The molecule has 0 aliphatic heterocycles. The zero-order valence-electron chi connectivity index (χ0n) is 20.1. The number of nitrogens with two attached hydrogens (primary N) is 1.